The van der Waals surface area contributed by atoms with E-state index in [0.29, 0.717) is 18.7 Å². The number of aliphatic hydroxyl groups is 1. The van der Waals surface area contributed by atoms with Gasteiger partial charge in [-0.15, -0.1) is 16.9 Å². The molecule has 0 bridgehead atoms. The molecule has 0 aliphatic rings. The molecule has 2 aromatic rings. The van der Waals surface area contributed by atoms with E-state index >= 15 is 0 Å². The molecular formula is C13H17N3OS. The van der Waals surface area contributed by atoms with Gasteiger partial charge in [0.1, 0.15) is 5.69 Å². The summed E-state index contributed by atoms with van der Waals surface area (Å²) in [6.45, 7) is 2.60. The molecule has 96 valence electrons. The summed E-state index contributed by atoms with van der Waals surface area (Å²) < 4.78 is 1.75. The Balaban J connectivity index is 2.06. The molecule has 0 saturated carbocycles. The Morgan fingerprint density at radius 3 is 2.67 bits per heavy atom. The molecule has 1 aromatic carbocycles. The van der Waals surface area contributed by atoms with Crippen LogP contribution in [-0.2, 0) is 6.54 Å². The van der Waals surface area contributed by atoms with E-state index < -0.39 is 6.10 Å². The minimum Gasteiger partial charge on any atom is -0.387 e. The summed E-state index contributed by atoms with van der Waals surface area (Å²) in [5.41, 5.74) is 1.81. The van der Waals surface area contributed by atoms with Crippen LogP contribution in [0, 0.1) is 0 Å². The van der Waals surface area contributed by atoms with Gasteiger partial charge in [0.15, 0.2) is 0 Å². The molecule has 0 radical (unpaired) electrons. The van der Waals surface area contributed by atoms with Gasteiger partial charge in [0.2, 0.25) is 0 Å². The van der Waals surface area contributed by atoms with E-state index in [0.717, 1.165) is 0 Å². The first-order valence-corrected chi connectivity index (χ1v) is 7.16. The first-order chi connectivity index (χ1) is 8.72. The lowest BCUT2D eigenvalue weighted by Crippen LogP contribution is -2.00. The third kappa shape index (κ3) is 3.11. The Hall–Kier alpha value is -1.33. The third-order valence-corrected chi connectivity index (χ3v) is 3.53. The predicted molar refractivity (Wildman–Crippen MR) is 72.6 cm³/mol. The molecule has 1 aromatic heterocycles. The number of aliphatic hydroxyl groups excluding tert-OH is 1. The quantitative estimate of drug-likeness (QED) is 0.842. The molecule has 1 unspecified atom stereocenters. The van der Waals surface area contributed by atoms with Gasteiger partial charge in [-0.25, -0.2) is 4.68 Å². The summed E-state index contributed by atoms with van der Waals surface area (Å²) in [5, 5.41) is 17.7. The zero-order valence-electron chi connectivity index (χ0n) is 10.6. The van der Waals surface area contributed by atoms with Gasteiger partial charge in [-0.2, -0.15) is 0 Å². The van der Waals surface area contributed by atoms with E-state index in [2.05, 4.69) is 40.8 Å². The first-order valence-electron chi connectivity index (χ1n) is 5.94. The normalized spacial score (nSPS) is 12.6. The Morgan fingerprint density at radius 1 is 1.33 bits per heavy atom. The molecule has 1 atom stereocenters. The van der Waals surface area contributed by atoms with Crippen LogP contribution in [0.5, 0.6) is 0 Å². The van der Waals surface area contributed by atoms with Gasteiger partial charge in [0.05, 0.1) is 18.8 Å². The molecule has 5 heteroatoms. The highest BCUT2D eigenvalue weighted by Crippen LogP contribution is 2.16. The molecule has 0 saturated heterocycles. The van der Waals surface area contributed by atoms with Crippen LogP contribution >= 0.6 is 11.8 Å². The number of thioether (sulfide) groups is 1. The second kappa shape index (κ2) is 6.02. The lowest BCUT2D eigenvalue weighted by Gasteiger charge is -2.03. The Kier molecular flexibility index (Phi) is 4.38. The van der Waals surface area contributed by atoms with E-state index in [9.17, 15) is 5.11 Å². The highest BCUT2D eigenvalue weighted by Gasteiger charge is 2.09. The molecule has 0 aliphatic carbocycles. The van der Waals surface area contributed by atoms with Crippen molar-refractivity contribution >= 4 is 11.8 Å². The van der Waals surface area contributed by atoms with Crippen LogP contribution in [0.2, 0.25) is 0 Å². The molecule has 2 rings (SSSR count). The summed E-state index contributed by atoms with van der Waals surface area (Å²) in [6, 6.07) is 8.37. The van der Waals surface area contributed by atoms with Crippen molar-refractivity contribution in [3.8, 4) is 0 Å². The summed E-state index contributed by atoms with van der Waals surface area (Å²) in [7, 11) is 0. The van der Waals surface area contributed by atoms with Crippen LogP contribution in [0.3, 0.4) is 0 Å². The van der Waals surface area contributed by atoms with Gasteiger partial charge in [-0.3, -0.25) is 0 Å². The number of aromatic nitrogens is 3. The Morgan fingerprint density at radius 2 is 2.06 bits per heavy atom. The van der Waals surface area contributed by atoms with Gasteiger partial charge < -0.3 is 5.11 Å². The summed E-state index contributed by atoms with van der Waals surface area (Å²) in [6.07, 6.45) is 4.00. The van der Waals surface area contributed by atoms with E-state index in [4.69, 9.17) is 0 Å². The van der Waals surface area contributed by atoms with E-state index in [1.54, 1.807) is 22.6 Å². The lowest BCUT2D eigenvalue weighted by atomic mass is 10.2. The monoisotopic (exact) mass is 263 g/mol. The van der Waals surface area contributed by atoms with Gasteiger partial charge in [0.25, 0.3) is 0 Å². The van der Waals surface area contributed by atoms with Gasteiger partial charge >= 0.3 is 0 Å². The molecular weight excluding hydrogens is 246 g/mol. The Bertz CT molecular complexity index is 495. The average molecular weight is 263 g/mol. The molecule has 0 aliphatic heterocycles. The number of hydrogen-bond donors (Lipinski definition) is 1. The maximum absolute atomic E-state index is 9.66. The average Bonchev–Trinajstić information content (AvgIpc) is 2.87. The summed E-state index contributed by atoms with van der Waals surface area (Å²) in [5.74, 6) is 0. The van der Waals surface area contributed by atoms with Crippen LogP contribution < -0.4 is 0 Å². The van der Waals surface area contributed by atoms with Crippen LogP contribution in [0.25, 0.3) is 0 Å². The second-order valence-corrected chi connectivity index (χ2v) is 4.99. The maximum atomic E-state index is 9.66. The lowest BCUT2D eigenvalue weighted by molar-refractivity contribution is 0.168. The first kappa shape index (κ1) is 13.1. The number of benzene rings is 1. The van der Waals surface area contributed by atoms with Crippen molar-refractivity contribution in [2.24, 2.45) is 0 Å². The van der Waals surface area contributed by atoms with Crippen molar-refractivity contribution in [2.75, 3.05) is 6.26 Å². The van der Waals surface area contributed by atoms with Gasteiger partial charge in [-0.05, 0) is 30.4 Å². The highest BCUT2D eigenvalue weighted by atomic mass is 32.2. The maximum Gasteiger partial charge on any atom is 0.111 e. The van der Waals surface area contributed by atoms with E-state index in [1.165, 1.54) is 10.5 Å². The fourth-order valence-electron chi connectivity index (χ4n) is 1.67. The molecule has 1 heterocycles. The number of rotatable bonds is 5. The Labute approximate surface area is 111 Å². The van der Waals surface area contributed by atoms with Crippen molar-refractivity contribution in [1.29, 1.82) is 0 Å². The minimum absolute atomic E-state index is 0.516. The SMILES string of the molecule is CCC(O)c1cn(Cc2ccc(SC)cc2)nn1. The van der Waals surface area contributed by atoms with Crippen LogP contribution in [0.1, 0.15) is 30.7 Å². The van der Waals surface area contributed by atoms with Crippen molar-refractivity contribution in [3.05, 3.63) is 41.7 Å². The fraction of sp³-hybridized carbons (Fsp3) is 0.385. The van der Waals surface area contributed by atoms with Gasteiger partial charge in [-0.1, -0.05) is 24.3 Å². The molecule has 0 fully saturated rings. The number of hydrogen-bond acceptors (Lipinski definition) is 4. The largest absolute Gasteiger partial charge is 0.387 e. The zero-order chi connectivity index (χ0) is 13.0. The minimum atomic E-state index is -0.516. The van der Waals surface area contributed by atoms with Crippen molar-refractivity contribution in [2.45, 2.75) is 30.9 Å². The zero-order valence-corrected chi connectivity index (χ0v) is 11.4. The smallest absolute Gasteiger partial charge is 0.111 e. The molecule has 1 N–H and O–H groups in total. The predicted octanol–water partition coefficient (Wildman–Crippen LogP) is 2.49. The standard InChI is InChI=1S/C13H17N3OS/c1-3-13(17)12-9-16(15-14-12)8-10-4-6-11(18-2)7-5-10/h4-7,9,13,17H,3,8H2,1-2H3. The van der Waals surface area contributed by atoms with Crippen LogP contribution in [0.15, 0.2) is 35.4 Å². The third-order valence-electron chi connectivity index (χ3n) is 2.79. The molecule has 0 amide bonds. The van der Waals surface area contributed by atoms with Crippen molar-refractivity contribution < 1.29 is 5.11 Å². The highest BCUT2D eigenvalue weighted by molar-refractivity contribution is 7.98. The van der Waals surface area contributed by atoms with Crippen molar-refractivity contribution in [3.63, 3.8) is 0 Å². The van der Waals surface area contributed by atoms with Crippen LogP contribution in [0.4, 0.5) is 0 Å². The second-order valence-electron chi connectivity index (χ2n) is 4.11. The van der Waals surface area contributed by atoms with E-state index in [-0.39, 0.29) is 0 Å². The molecule has 4 nitrogen and oxygen atoms in total. The molecule has 0 spiro atoms. The van der Waals surface area contributed by atoms with Crippen LogP contribution in [-0.4, -0.2) is 26.4 Å². The summed E-state index contributed by atoms with van der Waals surface area (Å²) in [4.78, 5) is 1.25. The number of nitrogens with zero attached hydrogens (tertiary/aromatic N) is 3. The molecule has 18 heavy (non-hydrogen) atoms. The topological polar surface area (TPSA) is 50.9 Å². The van der Waals surface area contributed by atoms with Crippen molar-refractivity contribution in [1.82, 2.24) is 15.0 Å². The summed E-state index contributed by atoms with van der Waals surface area (Å²) >= 11 is 1.73. The van der Waals surface area contributed by atoms with Gasteiger partial charge in [0, 0.05) is 4.90 Å². The fourth-order valence-corrected chi connectivity index (χ4v) is 2.08. The van der Waals surface area contributed by atoms with E-state index in [1.807, 2.05) is 6.92 Å².